The molecule has 1 aliphatic carbocycles. The van der Waals surface area contributed by atoms with Gasteiger partial charge in [0.2, 0.25) is 0 Å². The molecular weight excluding hydrogens is 378 g/mol. The van der Waals surface area contributed by atoms with E-state index in [9.17, 15) is 15.1 Å². The molecule has 0 spiro atoms. The molecule has 2 atom stereocenters. The van der Waals surface area contributed by atoms with E-state index in [4.69, 9.17) is 16.3 Å². The number of ketones is 1. The summed E-state index contributed by atoms with van der Waals surface area (Å²) in [6.07, 6.45) is 2.31. The zero-order valence-corrected chi connectivity index (χ0v) is 16.6. The topological polar surface area (TPSA) is 73.5 Å². The molecule has 146 valence electrons. The van der Waals surface area contributed by atoms with Crippen molar-refractivity contribution < 1.29 is 19.4 Å². The first-order valence-electron chi connectivity index (χ1n) is 9.30. The number of hydrogen-bond acceptors (Lipinski definition) is 4. The largest absolute Gasteiger partial charge is 0.618 e. The van der Waals surface area contributed by atoms with Crippen LogP contribution in [0, 0.1) is 10.6 Å². The molecule has 2 heterocycles. The number of ether oxygens (including phenoxy) is 1. The lowest BCUT2D eigenvalue weighted by Crippen LogP contribution is -2.48. The standard InChI is InChI=1S/C22H22ClNO4/c1-21(2)12-17(25)20-16(14-6-5-7-15(23)10-14)11-22(26,28-18(20)13-21)19-8-3-4-9-24(19)27/h3-10,16,26H,11-13H2,1-2H3/t16-,22-/m1/s1. The summed E-state index contributed by atoms with van der Waals surface area (Å²) < 4.78 is 6.60. The number of nitrogens with zero attached hydrogens (tertiary/aromatic N) is 1. The Kier molecular flexibility index (Phi) is 4.47. The molecule has 0 unspecified atom stereocenters. The molecule has 0 fully saturated rings. The van der Waals surface area contributed by atoms with Gasteiger partial charge >= 0.3 is 0 Å². The summed E-state index contributed by atoms with van der Waals surface area (Å²) in [5, 5.41) is 24.3. The van der Waals surface area contributed by atoms with Crippen LogP contribution in [0.4, 0.5) is 0 Å². The van der Waals surface area contributed by atoms with Crippen molar-refractivity contribution in [1.82, 2.24) is 0 Å². The van der Waals surface area contributed by atoms with E-state index >= 15 is 0 Å². The van der Waals surface area contributed by atoms with Gasteiger partial charge in [0, 0.05) is 47.9 Å². The number of aromatic nitrogens is 1. The summed E-state index contributed by atoms with van der Waals surface area (Å²) in [5.41, 5.74) is 1.23. The average Bonchev–Trinajstić information content (AvgIpc) is 2.59. The first-order valence-corrected chi connectivity index (χ1v) is 9.68. The highest BCUT2D eigenvalue weighted by Crippen LogP contribution is 2.51. The number of benzene rings is 1. The normalized spacial score (nSPS) is 26.6. The summed E-state index contributed by atoms with van der Waals surface area (Å²) in [7, 11) is 0. The van der Waals surface area contributed by atoms with Crippen molar-refractivity contribution in [2.45, 2.75) is 44.8 Å². The Bertz CT molecular complexity index is 984. The van der Waals surface area contributed by atoms with Gasteiger partial charge in [0.25, 0.3) is 11.5 Å². The lowest BCUT2D eigenvalue weighted by Gasteiger charge is -2.43. The monoisotopic (exact) mass is 399 g/mol. The number of pyridine rings is 1. The second kappa shape index (κ2) is 6.61. The molecule has 1 aromatic heterocycles. The molecule has 6 heteroatoms. The zero-order valence-electron chi connectivity index (χ0n) is 15.8. The average molecular weight is 400 g/mol. The molecule has 0 radical (unpaired) electrons. The predicted molar refractivity (Wildman–Crippen MR) is 104 cm³/mol. The van der Waals surface area contributed by atoms with Crippen LogP contribution in [0.25, 0.3) is 0 Å². The van der Waals surface area contributed by atoms with Gasteiger partial charge in [-0.1, -0.05) is 37.6 Å². The molecule has 1 N–H and O–H groups in total. The predicted octanol–water partition coefficient (Wildman–Crippen LogP) is 3.97. The molecule has 0 saturated carbocycles. The first kappa shape index (κ1) is 19.0. The van der Waals surface area contributed by atoms with E-state index in [-0.39, 0.29) is 23.3 Å². The Morgan fingerprint density at radius 1 is 1.21 bits per heavy atom. The maximum atomic E-state index is 13.0. The van der Waals surface area contributed by atoms with Gasteiger partial charge in [-0.05, 0) is 29.2 Å². The van der Waals surface area contributed by atoms with Gasteiger partial charge in [-0.3, -0.25) is 4.79 Å². The number of allylic oxidation sites excluding steroid dienone is 2. The minimum atomic E-state index is -1.83. The van der Waals surface area contributed by atoms with Gasteiger partial charge in [-0.25, -0.2) is 0 Å². The van der Waals surface area contributed by atoms with Crippen LogP contribution >= 0.6 is 11.6 Å². The van der Waals surface area contributed by atoms with Crippen LogP contribution in [0.5, 0.6) is 0 Å². The van der Waals surface area contributed by atoms with Gasteiger partial charge < -0.3 is 15.1 Å². The third kappa shape index (κ3) is 3.29. The lowest BCUT2D eigenvalue weighted by molar-refractivity contribution is -0.629. The summed E-state index contributed by atoms with van der Waals surface area (Å²) >= 11 is 6.19. The van der Waals surface area contributed by atoms with E-state index in [2.05, 4.69) is 0 Å². The van der Waals surface area contributed by atoms with Crippen LogP contribution in [-0.4, -0.2) is 10.9 Å². The van der Waals surface area contributed by atoms with Gasteiger partial charge in [0.1, 0.15) is 5.76 Å². The van der Waals surface area contributed by atoms with E-state index in [1.165, 1.54) is 6.20 Å². The summed E-state index contributed by atoms with van der Waals surface area (Å²) in [4.78, 5) is 13.0. The smallest absolute Gasteiger partial charge is 0.296 e. The first-order chi connectivity index (χ1) is 13.2. The Morgan fingerprint density at radius 3 is 2.71 bits per heavy atom. The van der Waals surface area contributed by atoms with E-state index in [1.807, 2.05) is 26.0 Å². The van der Waals surface area contributed by atoms with Crippen molar-refractivity contribution in [3.63, 3.8) is 0 Å². The minimum absolute atomic E-state index is 0.0151. The van der Waals surface area contributed by atoms with Gasteiger partial charge in [0.15, 0.2) is 12.0 Å². The number of aliphatic hydroxyl groups is 1. The fourth-order valence-corrected chi connectivity index (χ4v) is 4.48. The van der Waals surface area contributed by atoms with Crippen molar-refractivity contribution in [1.29, 1.82) is 0 Å². The van der Waals surface area contributed by atoms with Crippen molar-refractivity contribution in [2.24, 2.45) is 5.41 Å². The van der Waals surface area contributed by atoms with Crippen LogP contribution < -0.4 is 4.73 Å². The second-order valence-electron chi connectivity index (χ2n) is 8.39. The highest BCUT2D eigenvalue weighted by molar-refractivity contribution is 6.30. The van der Waals surface area contributed by atoms with Crippen LogP contribution in [0.15, 0.2) is 60.0 Å². The molecule has 4 rings (SSSR count). The van der Waals surface area contributed by atoms with Crippen molar-refractivity contribution in [2.75, 3.05) is 0 Å². The Labute approximate surface area is 168 Å². The number of carbonyl (C=O) groups is 1. The molecule has 1 aliphatic heterocycles. The van der Waals surface area contributed by atoms with Crippen molar-refractivity contribution in [3.8, 4) is 0 Å². The number of rotatable bonds is 2. The maximum Gasteiger partial charge on any atom is 0.296 e. The third-order valence-corrected chi connectivity index (χ3v) is 5.71. The summed E-state index contributed by atoms with van der Waals surface area (Å²) in [6, 6.07) is 12.1. The maximum absolute atomic E-state index is 13.0. The molecule has 0 bridgehead atoms. The van der Waals surface area contributed by atoms with Gasteiger partial charge in [-0.2, -0.15) is 4.73 Å². The van der Waals surface area contributed by atoms with Crippen LogP contribution in [0.1, 0.15) is 50.3 Å². The van der Waals surface area contributed by atoms with Gasteiger partial charge in [0.05, 0.1) is 0 Å². The molecule has 0 saturated heterocycles. The van der Waals surface area contributed by atoms with E-state index < -0.39 is 11.7 Å². The molecule has 28 heavy (non-hydrogen) atoms. The lowest BCUT2D eigenvalue weighted by atomic mass is 9.69. The number of halogens is 1. The van der Waals surface area contributed by atoms with Crippen molar-refractivity contribution in [3.05, 3.63) is 81.5 Å². The Morgan fingerprint density at radius 2 is 2.00 bits per heavy atom. The zero-order chi connectivity index (χ0) is 20.1. The molecule has 0 amide bonds. The molecule has 2 aliphatic rings. The third-order valence-electron chi connectivity index (χ3n) is 5.48. The van der Waals surface area contributed by atoms with E-state index in [0.29, 0.717) is 33.9 Å². The van der Waals surface area contributed by atoms with Gasteiger partial charge in [-0.15, -0.1) is 0 Å². The van der Waals surface area contributed by atoms with Crippen LogP contribution in [0.3, 0.4) is 0 Å². The fourth-order valence-electron chi connectivity index (χ4n) is 4.28. The fraction of sp³-hybridized carbons (Fsp3) is 0.364. The highest BCUT2D eigenvalue weighted by atomic mass is 35.5. The highest BCUT2D eigenvalue weighted by Gasteiger charge is 2.51. The Hall–Kier alpha value is -2.37. The number of hydrogen-bond donors (Lipinski definition) is 1. The molecule has 1 aromatic carbocycles. The summed E-state index contributed by atoms with van der Waals surface area (Å²) in [6.45, 7) is 3.99. The quantitative estimate of drug-likeness (QED) is 0.612. The van der Waals surface area contributed by atoms with Crippen LogP contribution in [0.2, 0.25) is 5.02 Å². The number of carbonyl (C=O) groups excluding carboxylic acids is 1. The Balaban J connectivity index is 1.88. The SMILES string of the molecule is CC1(C)CC(=O)C2=C(C1)O[C@@](O)(c1cccc[n+]1[O-])C[C@@H]2c1cccc(Cl)c1. The van der Waals surface area contributed by atoms with Crippen molar-refractivity contribution >= 4 is 17.4 Å². The van der Waals surface area contributed by atoms with E-state index in [0.717, 1.165) is 5.56 Å². The van der Waals surface area contributed by atoms with Crippen LogP contribution in [-0.2, 0) is 15.3 Å². The second-order valence-corrected chi connectivity index (χ2v) is 8.82. The molecular formula is C22H22ClNO4. The summed E-state index contributed by atoms with van der Waals surface area (Å²) in [5.74, 6) is -1.76. The van der Waals surface area contributed by atoms with E-state index in [1.54, 1.807) is 30.3 Å². The number of Topliss-reactive ketones (excluding diaryl/α,β-unsaturated/α-hetero) is 1. The molecule has 5 nitrogen and oxygen atoms in total. The molecule has 2 aromatic rings. The minimum Gasteiger partial charge on any atom is -0.618 e.